The van der Waals surface area contributed by atoms with Crippen molar-refractivity contribution in [3.05, 3.63) is 0 Å². The number of nitrogens with one attached hydrogen (secondary N) is 1. The number of hydrogen-bond acceptors (Lipinski definition) is 3. The second-order valence-corrected chi connectivity index (χ2v) is 4.26. The van der Waals surface area contributed by atoms with Crippen molar-refractivity contribution in [1.82, 2.24) is 10.2 Å². The van der Waals surface area contributed by atoms with Gasteiger partial charge in [-0.1, -0.05) is 0 Å². The molecule has 4 nitrogen and oxygen atoms in total. The Kier molecular flexibility index (Phi) is 3.03. The largest absolute Gasteiger partial charge is 0.391 e. The van der Waals surface area contributed by atoms with E-state index < -0.39 is 0 Å². The molecule has 0 bridgehead atoms. The third kappa shape index (κ3) is 2.69. The van der Waals surface area contributed by atoms with Gasteiger partial charge in [-0.25, -0.2) is 0 Å². The second kappa shape index (κ2) is 4.28. The summed E-state index contributed by atoms with van der Waals surface area (Å²) in [5, 5.41) is 12.6. The zero-order valence-electron chi connectivity index (χ0n) is 8.41. The summed E-state index contributed by atoms with van der Waals surface area (Å²) in [5.41, 5.74) is 0. The fourth-order valence-corrected chi connectivity index (χ4v) is 1.80. The summed E-state index contributed by atoms with van der Waals surface area (Å²) in [7, 11) is 0. The van der Waals surface area contributed by atoms with Crippen molar-refractivity contribution >= 4 is 5.91 Å². The van der Waals surface area contributed by atoms with E-state index >= 15 is 0 Å². The molecule has 0 aromatic heterocycles. The molecule has 2 N–H and O–H groups in total. The normalized spacial score (nSPS) is 26.9. The number of likely N-dealkylation sites (tertiary alicyclic amines) is 1. The van der Waals surface area contributed by atoms with Crippen LogP contribution in [-0.2, 0) is 4.79 Å². The summed E-state index contributed by atoms with van der Waals surface area (Å²) in [6.07, 6.45) is 3.54. The van der Waals surface area contributed by atoms with E-state index in [4.69, 9.17) is 0 Å². The minimum atomic E-state index is -0.296. The maximum atomic E-state index is 11.6. The van der Waals surface area contributed by atoms with E-state index in [2.05, 4.69) is 5.32 Å². The van der Waals surface area contributed by atoms with Crippen LogP contribution in [0.4, 0.5) is 0 Å². The number of amides is 1. The van der Waals surface area contributed by atoms with E-state index in [0.717, 1.165) is 19.5 Å². The van der Waals surface area contributed by atoms with Crippen LogP contribution in [-0.4, -0.2) is 47.7 Å². The molecule has 1 saturated carbocycles. The van der Waals surface area contributed by atoms with Gasteiger partial charge in [0.2, 0.25) is 5.91 Å². The Morgan fingerprint density at radius 2 is 2.21 bits per heavy atom. The number of nitrogens with zero attached hydrogens (tertiary/aromatic N) is 1. The van der Waals surface area contributed by atoms with Gasteiger partial charge in [0, 0.05) is 32.1 Å². The SMILES string of the molecule is O=C(CCNC1CC1)N1CCC(O)C1. The highest BCUT2D eigenvalue weighted by atomic mass is 16.3. The molecular formula is C10H18N2O2. The molecule has 2 rings (SSSR count). The van der Waals surface area contributed by atoms with Gasteiger partial charge in [0.25, 0.3) is 0 Å². The third-order valence-corrected chi connectivity index (χ3v) is 2.87. The number of carbonyl (C=O) groups excluding carboxylic acids is 1. The van der Waals surface area contributed by atoms with E-state index in [1.54, 1.807) is 4.90 Å². The lowest BCUT2D eigenvalue weighted by Gasteiger charge is -2.15. The first-order chi connectivity index (χ1) is 6.75. The number of rotatable bonds is 4. The zero-order valence-corrected chi connectivity index (χ0v) is 8.41. The molecule has 0 radical (unpaired) electrons. The summed E-state index contributed by atoms with van der Waals surface area (Å²) >= 11 is 0. The molecule has 1 heterocycles. The van der Waals surface area contributed by atoms with Gasteiger partial charge >= 0.3 is 0 Å². The highest BCUT2D eigenvalue weighted by Gasteiger charge is 2.25. The topological polar surface area (TPSA) is 52.6 Å². The molecule has 2 aliphatic rings. The van der Waals surface area contributed by atoms with Crippen molar-refractivity contribution in [2.24, 2.45) is 0 Å². The van der Waals surface area contributed by atoms with Crippen LogP contribution >= 0.6 is 0 Å². The van der Waals surface area contributed by atoms with E-state index in [1.807, 2.05) is 0 Å². The number of hydrogen-bond donors (Lipinski definition) is 2. The number of β-amino-alcohol motifs (C(OH)–C–C–N with tert-alkyl or cyclic N) is 1. The molecule has 14 heavy (non-hydrogen) atoms. The fourth-order valence-electron chi connectivity index (χ4n) is 1.80. The van der Waals surface area contributed by atoms with Gasteiger partial charge in [-0.2, -0.15) is 0 Å². The lowest BCUT2D eigenvalue weighted by molar-refractivity contribution is -0.130. The summed E-state index contributed by atoms with van der Waals surface area (Å²) in [5.74, 6) is 0.176. The Hall–Kier alpha value is -0.610. The molecule has 0 spiro atoms. The van der Waals surface area contributed by atoms with Crippen molar-refractivity contribution in [3.63, 3.8) is 0 Å². The quantitative estimate of drug-likeness (QED) is 0.653. The Morgan fingerprint density at radius 1 is 1.43 bits per heavy atom. The maximum absolute atomic E-state index is 11.6. The van der Waals surface area contributed by atoms with Crippen molar-refractivity contribution in [2.75, 3.05) is 19.6 Å². The van der Waals surface area contributed by atoms with E-state index in [-0.39, 0.29) is 12.0 Å². The van der Waals surface area contributed by atoms with Crippen LogP contribution < -0.4 is 5.32 Å². The highest BCUT2D eigenvalue weighted by Crippen LogP contribution is 2.18. The number of aliphatic hydroxyl groups is 1. The molecule has 1 aliphatic carbocycles. The van der Waals surface area contributed by atoms with Gasteiger partial charge in [0.1, 0.15) is 0 Å². The van der Waals surface area contributed by atoms with Crippen LogP contribution in [0.3, 0.4) is 0 Å². The number of carbonyl (C=O) groups is 1. The Bertz CT molecular complexity index is 216. The Balaban J connectivity index is 1.61. The summed E-state index contributed by atoms with van der Waals surface area (Å²) in [6.45, 7) is 2.04. The summed E-state index contributed by atoms with van der Waals surface area (Å²) < 4.78 is 0. The molecule has 4 heteroatoms. The molecule has 1 amide bonds. The van der Waals surface area contributed by atoms with E-state index in [9.17, 15) is 9.90 Å². The maximum Gasteiger partial charge on any atom is 0.223 e. The number of aliphatic hydroxyl groups excluding tert-OH is 1. The lowest BCUT2D eigenvalue weighted by atomic mass is 10.3. The molecular weight excluding hydrogens is 180 g/mol. The first-order valence-electron chi connectivity index (χ1n) is 5.45. The average Bonchev–Trinajstić information content (AvgIpc) is 2.87. The van der Waals surface area contributed by atoms with Crippen LogP contribution in [0.2, 0.25) is 0 Å². The smallest absolute Gasteiger partial charge is 0.223 e. The van der Waals surface area contributed by atoms with E-state index in [0.29, 0.717) is 19.0 Å². The monoisotopic (exact) mass is 198 g/mol. The molecule has 1 aliphatic heterocycles. The van der Waals surface area contributed by atoms with Crippen LogP contribution in [0.5, 0.6) is 0 Å². The molecule has 1 saturated heterocycles. The second-order valence-electron chi connectivity index (χ2n) is 4.26. The standard InChI is InChI=1S/C10H18N2O2/c13-9-4-6-12(7-9)10(14)3-5-11-8-1-2-8/h8-9,11,13H,1-7H2. The minimum Gasteiger partial charge on any atom is -0.391 e. The van der Waals surface area contributed by atoms with Gasteiger partial charge in [0.15, 0.2) is 0 Å². The van der Waals surface area contributed by atoms with Crippen molar-refractivity contribution in [1.29, 1.82) is 0 Å². The molecule has 1 atom stereocenters. The van der Waals surface area contributed by atoms with Crippen LogP contribution in [0, 0.1) is 0 Å². The Morgan fingerprint density at radius 3 is 2.79 bits per heavy atom. The molecule has 0 aromatic carbocycles. The molecule has 80 valence electrons. The summed E-state index contributed by atoms with van der Waals surface area (Å²) in [4.78, 5) is 13.3. The molecule has 1 unspecified atom stereocenters. The fraction of sp³-hybridized carbons (Fsp3) is 0.900. The van der Waals surface area contributed by atoms with Crippen LogP contribution in [0.1, 0.15) is 25.7 Å². The van der Waals surface area contributed by atoms with Gasteiger partial charge < -0.3 is 15.3 Å². The lowest BCUT2D eigenvalue weighted by Crippen LogP contribution is -2.32. The first-order valence-corrected chi connectivity index (χ1v) is 5.45. The van der Waals surface area contributed by atoms with Crippen LogP contribution in [0.25, 0.3) is 0 Å². The van der Waals surface area contributed by atoms with Crippen molar-refractivity contribution < 1.29 is 9.90 Å². The Labute approximate surface area is 84.3 Å². The van der Waals surface area contributed by atoms with E-state index in [1.165, 1.54) is 12.8 Å². The predicted octanol–water partition coefficient (Wildman–Crippen LogP) is -0.278. The van der Waals surface area contributed by atoms with Crippen molar-refractivity contribution in [2.45, 2.75) is 37.8 Å². The minimum absolute atomic E-state index is 0.176. The predicted molar refractivity (Wildman–Crippen MR) is 52.8 cm³/mol. The average molecular weight is 198 g/mol. The van der Waals surface area contributed by atoms with Gasteiger partial charge in [0.05, 0.1) is 6.10 Å². The van der Waals surface area contributed by atoms with Gasteiger partial charge in [-0.05, 0) is 19.3 Å². The van der Waals surface area contributed by atoms with Crippen molar-refractivity contribution in [3.8, 4) is 0 Å². The molecule has 2 fully saturated rings. The molecule has 0 aromatic rings. The highest BCUT2D eigenvalue weighted by molar-refractivity contribution is 5.76. The summed E-state index contributed by atoms with van der Waals surface area (Å²) in [6, 6.07) is 0.673. The third-order valence-electron chi connectivity index (χ3n) is 2.87. The zero-order chi connectivity index (χ0) is 9.97. The van der Waals surface area contributed by atoms with Crippen LogP contribution in [0.15, 0.2) is 0 Å². The van der Waals surface area contributed by atoms with Gasteiger partial charge in [-0.3, -0.25) is 4.79 Å². The first kappa shape index (κ1) is 9.93. The van der Waals surface area contributed by atoms with Gasteiger partial charge in [-0.15, -0.1) is 0 Å².